The minimum Gasteiger partial charge on any atom is -0.464 e. The fourth-order valence-electron chi connectivity index (χ4n) is 1.80. The van der Waals surface area contributed by atoms with E-state index in [9.17, 15) is 4.79 Å². The molecule has 6 heteroatoms. The summed E-state index contributed by atoms with van der Waals surface area (Å²) in [6.07, 6.45) is 1.82. The standard InChI is InChI=1S/C12H14ClN3O2/c1-7(14-2)11-15-9(12(17)18-3)10-8(13)5-4-6-16(10)11/h4-7,14H,1-3H3. The third-order valence-electron chi connectivity index (χ3n) is 2.84. The highest BCUT2D eigenvalue weighted by atomic mass is 35.5. The molecule has 2 aromatic rings. The van der Waals surface area contributed by atoms with Gasteiger partial charge in [-0.15, -0.1) is 0 Å². The maximum absolute atomic E-state index is 11.7. The topological polar surface area (TPSA) is 55.6 Å². The third-order valence-corrected chi connectivity index (χ3v) is 3.15. The molecule has 0 saturated heterocycles. The highest BCUT2D eigenvalue weighted by Gasteiger charge is 2.22. The highest BCUT2D eigenvalue weighted by Crippen LogP contribution is 2.25. The van der Waals surface area contributed by atoms with Gasteiger partial charge in [0, 0.05) is 6.20 Å². The van der Waals surface area contributed by atoms with Crippen LogP contribution < -0.4 is 5.32 Å². The molecule has 96 valence electrons. The zero-order chi connectivity index (χ0) is 13.3. The van der Waals surface area contributed by atoms with E-state index >= 15 is 0 Å². The van der Waals surface area contributed by atoms with E-state index < -0.39 is 5.97 Å². The first-order valence-corrected chi connectivity index (χ1v) is 5.90. The van der Waals surface area contributed by atoms with Gasteiger partial charge in [-0.3, -0.25) is 0 Å². The Morgan fingerprint density at radius 2 is 2.33 bits per heavy atom. The quantitative estimate of drug-likeness (QED) is 0.865. The predicted octanol–water partition coefficient (Wildman–Crippen LogP) is 2.05. The van der Waals surface area contributed by atoms with Crippen LogP contribution in [0.1, 0.15) is 29.3 Å². The lowest BCUT2D eigenvalue weighted by atomic mass is 10.3. The van der Waals surface area contributed by atoms with E-state index in [1.165, 1.54) is 7.11 Å². The van der Waals surface area contributed by atoms with Crippen molar-refractivity contribution in [2.75, 3.05) is 14.2 Å². The van der Waals surface area contributed by atoms with Gasteiger partial charge in [0.15, 0.2) is 5.69 Å². The van der Waals surface area contributed by atoms with Crippen molar-refractivity contribution in [1.29, 1.82) is 0 Å². The molecule has 2 rings (SSSR count). The highest BCUT2D eigenvalue weighted by molar-refractivity contribution is 6.34. The number of carbonyl (C=O) groups excluding carboxylic acids is 1. The molecule has 0 radical (unpaired) electrons. The van der Waals surface area contributed by atoms with Crippen molar-refractivity contribution >= 4 is 23.1 Å². The Bertz CT molecular complexity index is 594. The van der Waals surface area contributed by atoms with E-state index in [1.54, 1.807) is 10.5 Å². The molecule has 0 spiro atoms. The van der Waals surface area contributed by atoms with Crippen molar-refractivity contribution in [3.63, 3.8) is 0 Å². The molecular weight excluding hydrogens is 254 g/mol. The Kier molecular flexibility index (Phi) is 3.54. The lowest BCUT2D eigenvalue weighted by Gasteiger charge is -2.08. The Labute approximate surface area is 110 Å². The summed E-state index contributed by atoms with van der Waals surface area (Å²) < 4.78 is 6.53. The smallest absolute Gasteiger partial charge is 0.358 e. The van der Waals surface area contributed by atoms with Crippen LogP contribution in [0.25, 0.3) is 5.52 Å². The molecule has 0 aliphatic heterocycles. The van der Waals surface area contributed by atoms with E-state index in [2.05, 4.69) is 10.3 Å². The molecule has 1 unspecified atom stereocenters. The van der Waals surface area contributed by atoms with Crippen molar-refractivity contribution in [3.8, 4) is 0 Å². The molecule has 0 aromatic carbocycles. The number of esters is 1. The van der Waals surface area contributed by atoms with Crippen LogP contribution in [0.5, 0.6) is 0 Å². The van der Waals surface area contributed by atoms with Crippen molar-refractivity contribution in [1.82, 2.24) is 14.7 Å². The number of imidazole rings is 1. The van der Waals surface area contributed by atoms with Crippen LogP contribution in [0.4, 0.5) is 0 Å². The van der Waals surface area contributed by atoms with E-state index in [4.69, 9.17) is 16.3 Å². The van der Waals surface area contributed by atoms with E-state index in [-0.39, 0.29) is 11.7 Å². The summed E-state index contributed by atoms with van der Waals surface area (Å²) in [5.74, 6) is 0.227. The molecular formula is C12H14ClN3O2. The number of carbonyl (C=O) groups is 1. The maximum atomic E-state index is 11.7. The molecule has 1 N–H and O–H groups in total. The van der Waals surface area contributed by atoms with Crippen LogP contribution in [0.2, 0.25) is 5.02 Å². The molecule has 2 aromatic heterocycles. The Morgan fingerprint density at radius 1 is 1.61 bits per heavy atom. The van der Waals surface area contributed by atoms with Crippen LogP contribution in [0.3, 0.4) is 0 Å². The first-order valence-electron chi connectivity index (χ1n) is 5.52. The van der Waals surface area contributed by atoms with E-state index in [0.29, 0.717) is 10.5 Å². The first-order chi connectivity index (χ1) is 8.60. The van der Waals surface area contributed by atoms with E-state index in [0.717, 1.165) is 5.82 Å². The second-order valence-corrected chi connectivity index (χ2v) is 4.30. The molecule has 0 saturated carbocycles. The van der Waals surface area contributed by atoms with Crippen LogP contribution in [0.15, 0.2) is 18.3 Å². The van der Waals surface area contributed by atoms with Gasteiger partial charge in [-0.05, 0) is 26.1 Å². The molecule has 0 fully saturated rings. The zero-order valence-electron chi connectivity index (χ0n) is 10.4. The molecule has 0 amide bonds. The maximum Gasteiger partial charge on any atom is 0.358 e. The van der Waals surface area contributed by atoms with Gasteiger partial charge in [0.1, 0.15) is 5.82 Å². The lowest BCUT2D eigenvalue weighted by molar-refractivity contribution is 0.0596. The van der Waals surface area contributed by atoms with Gasteiger partial charge in [0.2, 0.25) is 0 Å². The van der Waals surface area contributed by atoms with Crippen LogP contribution >= 0.6 is 11.6 Å². The van der Waals surface area contributed by atoms with Gasteiger partial charge >= 0.3 is 5.97 Å². The zero-order valence-corrected chi connectivity index (χ0v) is 11.2. The largest absolute Gasteiger partial charge is 0.464 e. The molecule has 0 bridgehead atoms. The van der Waals surface area contributed by atoms with Gasteiger partial charge in [0.05, 0.1) is 23.7 Å². The number of pyridine rings is 1. The molecule has 18 heavy (non-hydrogen) atoms. The van der Waals surface area contributed by atoms with Crippen molar-refractivity contribution in [2.24, 2.45) is 0 Å². The summed E-state index contributed by atoms with van der Waals surface area (Å²) in [7, 11) is 3.15. The van der Waals surface area contributed by atoms with Crippen molar-refractivity contribution in [2.45, 2.75) is 13.0 Å². The number of hydrogen-bond donors (Lipinski definition) is 1. The number of rotatable bonds is 3. The Balaban J connectivity index is 2.75. The fraction of sp³-hybridized carbons (Fsp3) is 0.333. The number of nitrogens with one attached hydrogen (secondary N) is 1. The van der Waals surface area contributed by atoms with Crippen molar-refractivity contribution in [3.05, 3.63) is 34.9 Å². The van der Waals surface area contributed by atoms with Gasteiger partial charge in [-0.1, -0.05) is 11.6 Å². The number of ether oxygens (including phenoxy) is 1. The molecule has 0 aliphatic rings. The van der Waals surface area contributed by atoms with Crippen LogP contribution in [-0.4, -0.2) is 29.5 Å². The summed E-state index contributed by atoms with van der Waals surface area (Å²) in [5.41, 5.74) is 0.809. The molecule has 2 heterocycles. The fourth-order valence-corrected chi connectivity index (χ4v) is 2.05. The van der Waals surface area contributed by atoms with Gasteiger partial charge in [0.25, 0.3) is 0 Å². The number of aromatic nitrogens is 2. The van der Waals surface area contributed by atoms with E-state index in [1.807, 2.05) is 26.2 Å². The minimum absolute atomic E-state index is 0.00521. The monoisotopic (exact) mass is 267 g/mol. The number of hydrogen-bond acceptors (Lipinski definition) is 4. The Morgan fingerprint density at radius 3 is 2.94 bits per heavy atom. The summed E-state index contributed by atoms with van der Waals surface area (Å²) in [4.78, 5) is 16.1. The molecule has 5 nitrogen and oxygen atoms in total. The normalized spacial score (nSPS) is 12.7. The second kappa shape index (κ2) is 4.96. The minimum atomic E-state index is -0.491. The SMILES string of the molecule is CNC(C)c1nc(C(=O)OC)c2c(Cl)cccn12. The van der Waals surface area contributed by atoms with Crippen LogP contribution in [-0.2, 0) is 4.74 Å². The van der Waals surface area contributed by atoms with Gasteiger partial charge < -0.3 is 14.5 Å². The third kappa shape index (κ3) is 1.95. The Hall–Kier alpha value is -1.59. The number of fused-ring (bicyclic) bond motifs is 1. The average Bonchev–Trinajstić information content (AvgIpc) is 2.78. The van der Waals surface area contributed by atoms with Gasteiger partial charge in [-0.2, -0.15) is 0 Å². The average molecular weight is 268 g/mol. The predicted molar refractivity (Wildman–Crippen MR) is 69.0 cm³/mol. The summed E-state index contributed by atoms with van der Waals surface area (Å²) in [6, 6.07) is 3.53. The number of methoxy groups -OCH3 is 1. The lowest BCUT2D eigenvalue weighted by Crippen LogP contribution is -2.15. The summed E-state index contributed by atoms with van der Waals surface area (Å²) >= 11 is 6.14. The summed E-state index contributed by atoms with van der Waals surface area (Å²) in [6.45, 7) is 1.96. The second-order valence-electron chi connectivity index (χ2n) is 3.90. The molecule has 0 aliphatic carbocycles. The number of halogens is 1. The van der Waals surface area contributed by atoms with Gasteiger partial charge in [-0.25, -0.2) is 9.78 Å². The van der Waals surface area contributed by atoms with Crippen LogP contribution in [0, 0.1) is 0 Å². The summed E-state index contributed by atoms with van der Waals surface area (Å²) in [5, 5.41) is 3.56. The first kappa shape index (κ1) is 12.9. The number of nitrogens with zero attached hydrogens (tertiary/aromatic N) is 2. The molecule has 1 atom stereocenters. The van der Waals surface area contributed by atoms with Crippen molar-refractivity contribution < 1.29 is 9.53 Å².